The molecule has 15 N–H and O–H groups in total. The van der Waals surface area contributed by atoms with Gasteiger partial charge in [0.05, 0.1) is 6.04 Å². The fourth-order valence-electron chi connectivity index (χ4n) is 4.01. The van der Waals surface area contributed by atoms with Crippen LogP contribution in [0.1, 0.15) is 51.4 Å². The Morgan fingerprint density at radius 3 is 2.00 bits per heavy atom. The fraction of sp³-hybridized carbons (Fsp3) is 0.682. The van der Waals surface area contributed by atoms with Gasteiger partial charge in [0.2, 0.25) is 23.6 Å². The summed E-state index contributed by atoms with van der Waals surface area (Å²) in [6.07, 6.45) is 1.48. The van der Waals surface area contributed by atoms with E-state index in [-0.39, 0.29) is 57.2 Å². The number of hydrogen-bond acceptors (Lipinski definition) is 8. The van der Waals surface area contributed by atoms with Crippen molar-refractivity contribution in [3.8, 4) is 0 Å². The molecule has 1 fully saturated rings. The Labute approximate surface area is 226 Å². The van der Waals surface area contributed by atoms with Crippen LogP contribution in [0.2, 0.25) is 0 Å². The number of aliphatic imine (C=N–C) groups is 2. The molecule has 1 aliphatic rings. The van der Waals surface area contributed by atoms with E-state index in [1.54, 1.807) is 0 Å². The van der Waals surface area contributed by atoms with Crippen LogP contribution in [-0.4, -0.2) is 95.3 Å². The monoisotopic (exact) mass is 555 g/mol. The van der Waals surface area contributed by atoms with E-state index in [9.17, 15) is 29.1 Å². The van der Waals surface area contributed by atoms with E-state index >= 15 is 0 Å². The highest BCUT2D eigenvalue weighted by atomic mass is 16.4. The molecule has 1 heterocycles. The van der Waals surface area contributed by atoms with Crippen LogP contribution in [0, 0.1) is 0 Å². The second-order valence-electron chi connectivity index (χ2n) is 9.16. The average Bonchev–Trinajstić information content (AvgIpc) is 3.35. The van der Waals surface area contributed by atoms with E-state index in [2.05, 4.69) is 20.6 Å². The SMILES string of the molecule is NC(=O)CCC(NC(=O)C(N)CCCN=C(N)N)C(=O)N1CCCC1C(=O)NC(CCCN=C(N)N)C(=O)O. The quantitative estimate of drug-likeness (QED) is 0.0469. The molecular weight excluding hydrogens is 514 g/mol. The minimum Gasteiger partial charge on any atom is -0.480 e. The molecule has 4 atom stereocenters. The summed E-state index contributed by atoms with van der Waals surface area (Å²) in [6, 6.07) is -4.32. The largest absolute Gasteiger partial charge is 0.480 e. The molecule has 0 aromatic rings. The zero-order chi connectivity index (χ0) is 29.5. The van der Waals surface area contributed by atoms with E-state index in [1.165, 1.54) is 4.90 Å². The number of aliphatic carboxylic acids is 1. The van der Waals surface area contributed by atoms with Crippen molar-refractivity contribution in [2.45, 2.75) is 75.5 Å². The van der Waals surface area contributed by atoms with E-state index in [4.69, 9.17) is 34.4 Å². The van der Waals surface area contributed by atoms with Gasteiger partial charge in [-0.3, -0.25) is 29.2 Å². The highest BCUT2D eigenvalue weighted by Crippen LogP contribution is 2.20. The molecule has 0 aliphatic carbocycles. The first kappa shape index (κ1) is 32.9. The number of carbonyl (C=O) groups excluding carboxylic acids is 4. The summed E-state index contributed by atoms with van der Waals surface area (Å²) in [6.45, 7) is 0.657. The van der Waals surface area contributed by atoms with E-state index in [1.807, 2.05) is 0 Å². The molecule has 0 radical (unpaired) electrons. The third kappa shape index (κ3) is 12.3. The third-order valence-electron chi connectivity index (χ3n) is 6.00. The third-order valence-corrected chi connectivity index (χ3v) is 6.00. The number of rotatable bonds is 17. The van der Waals surface area contributed by atoms with Crippen molar-refractivity contribution in [2.24, 2.45) is 44.4 Å². The molecule has 220 valence electrons. The Balaban J connectivity index is 2.89. The molecule has 0 spiro atoms. The van der Waals surface area contributed by atoms with Crippen molar-refractivity contribution < 1.29 is 29.1 Å². The molecule has 0 aromatic carbocycles. The zero-order valence-electron chi connectivity index (χ0n) is 21.9. The van der Waals surface area contributed by atoms with Gasteiger partial charge in [0.15, 0.2) is 11.9 Å². The Morgan fingerprint density at radius 2 is 1.46 bits per heavy atom. The van der Waals surface area contributed by atoms with Gasteiger partial charge in [-0.1, -0.05) is 0 Å². The molecule has 17 heteroatoms. The van der Waals surface area contributed by atoms with Crippen molar-refractivity contribution in [3.05, 3.63) is 0 Å². The maximum absolute atomic E-state index is 13.4. The summed E-state index contributed by atoms with van der Waals surface area (Å²) in [5.41, 5.74) is 32.2. The molecule has 39 heavy (non-hydrogen) atoms. The van der Waals surface area contributed by atoms with Crippen LogP contribution in [0.3, 0.4) is 0 Å². The summed E-state index contributed by atoms with van der Waals surface area (Å²) in [7, 11) is 0. The molecule has 17 nitrogen and oxygen atoms in total. The average molecular weight is 556 g/mol. The number of nitrogens with zero attached hydrogens (tertiary/aromatic N) is 3. The van der Waals surface area contributed by atoms with Crippen molar-refractivity contribution in [2.75, 3.05) is 19.6 Å². The number of guanidine groups is 2. The van der Waals surface area contributed by atoms with Crippen molar-refractivity contribution in [3.63, 3.8) is 0 Å². The molecule has 4 amide bonds. The number of carbonyl (C=O) groups is 5. The van der Waals surface area contributed by atoms with E-state index in [0.717, 1.165) is 0 Å². The minimum atomic E-state index is -1.25. The molecule has 4 unspecified atom stereocenters. The van der Waals surface area contributed by atoms with Crippen LogP contribution >= 0.6 is 0 Å². The number of carboxylic acids is 1. The lowest BCUT2D eigenvalue weighted by molar-refractivity contribution is -0.145. The predicted molar refractivity (Wildman–Crippen MR) is 142 cm³/mol. The normalized spacial score (nSPS) is 16.8. The molecule has 1 rings (SSSR count). The number of amides is 4. The van der Waals surface area contributed by atoms with Crippen LogP contribution in [-0.2, 0) is 24.0 Å². The van der Waals surface area contributed by atoms with Gasteiger partial charge in [0, 0.05) is 26.1 Å². The predicted octanol–water partition coefficient (Wildman–Crippen LogP) is -4.27. The lowest BCUT2D eigenvalue weighted by atomic mass is 10.1. The Hall–Kier alpha value is -4.15. The number of carboxylic acid groups (broad SMARTS) is 1. The molecular formula is C22H41N11O6. The van der Waals surface area contributed by atoms with Gasteiger partial charge in [-0.15, -0.1) is 0 Å². The highest BCUT2D eigenvalue weighted by molar-refractivity contribution is 5.94. The molecule has 0 saturated carbocycles. The molecule has 1 saturated heterocycles. The van der Waals surface area contributed by atoms with Crippen LogP contribution in [0.25, 0.3) is 0 Å². The van der Waals surface area contributed by atoms with Crippen LogP contribution in [0.5, 0.6) is 0 Å². The second kappa shape index (κ2) is 16.6. The fourth-order valence-corrected chi connectivity index (χ4v) is 4.01. The van der Waals surface area contributed by atoms with Gasteiger partial charge in [0.1, 0.15) is 18.1 Å². The smallest absolute Gasteiger partial charge is 0.326 e. The number of nitrogens with one attached hydrogen (secondary N) is 2. The van der Waals surface area contributed by atoms with Crippen LogP contribution in [0.4, 0.5) is 0 Å². The standard InChI is InChI=1S/C22H41N11O6/c23-12(4-1-9-29-21(25)26)17(35)31-13(7-8-16(24)34)19(37)33-11-3-6-15(33)18(36)32-14(20(38)39)5-2-10-30-22(27)28/h12-15H,1-11,23H2,(H2,24,34)(H,31,35)(H,32,36)(H,38,39)(H4,25,26,29)(H4,27,28,30). The van der Waals surface area contributed by atoms with Gasteiger partial charge in [-0.05, 0) is 44.9 Å². The van der Waals surface area contributed by atoms with Gasteiger partial charge < -0.3 is 55.0 Å². The Bertz CT molecular complexity index is 933. The van der Waals surface area contributed by atoms with Gasteiger partial charge in [-0.25, -0.2) is 4.79 Å². The van der Waals surface area contributed by atoms with Gasteiger partial charge in [0.25, 0.3) is 0 Å². The van der Waals surface area contributed by atoms with Crippen LogP contribution in [0.15, 0.2) is 9.98 Å². The lowest BCUT2D eigenvalue weighted by Crippen LogP contribution is -2.56. The van der Waals surface area contributed by atoms with Gasteiger partial charge in [-0.2, -0.15) is 0 Å². The molecule has 0 bridgehead atoms. The maximum Gasteiger partial charge on any atom is 0.326 e. The van der Waals surface area contributed by atoms with Crippen LogP contribution < -0.4 is 45.0 Å². The van der Waals surface area contributed by atoms with E-state index < -0.39 is 53.8 Å². The highest BCUT2D eigenvalue weighted by Gasteiger charge is 2.39. The first-order chi connectivity index (χ1) is 18.3. The minimum absolute atomic E-state index is 0.0664. The first-order valence-corrected chi connectivity index (χ1v) is 12.6. The summed E-state index contributed by atoms with van der Waals surface area (Å²) >= 11 is 0. The Morgan fingerprint density at radius 1 is 0.872 bits per heavy atom. The number of likely N-dealkylation sites (tertiary alicyclic amines) is 1. The number of nitrogens with two attached hydrogens (primary N) is 6. The van der Waals surface area contributed by atoms with Crippen molar-refractivity contribution >= 4 is 41.5 Å². The van der Waals surface area contributed by atoms with Crippen molar-refractivity contribution in [1.29, 1.82) is 0 Å². The lowest BCUT2D eigenvalue weighted by Gasteiger charge is -2.30. The summed E-state index contributed by atoms with van der Waals surface area (Å²) in [4.78, 5) is 71.0. The zero-order valence-corrected chi connectivity index (χ0v) is 21.9. The van der Waals surface area contributed by atoms with E-state index in [0.29, 0.717) is 25.7 Å². The summed E-state index contributed by atoms with van der Waals surface area (Å²) in [5.74, 6) is -4.02. The maximum atomic E-state index is 13.4. The van der Waals surface area contributed by atoms with Gasteiger partial charge >= 0.3 is 5.97 Å². The number of primary amides is 1. The van der Waals surface area contributed by atoms with Crippen molar-refractivity contribution in [1.82, 2.24) is 15.5 Å². The number of hydrogen-bond donors (Lipinski definition) is 9. The topological polar surface area (TPSA) is 314 Å². The summed E-state index contributed by atoms with van der Waals surface area (Å²) < 4.78 is 0. The second-order valence-corrected chi connectivity index (χ2v) is 9.16. The Kier molecular flexibility index (Phi) is 14.0. The molecule has 0 aromatic heterocycles. The summed E-state index contributed by atoms with van der Waals surface area (Å²) in [5, 5.41) is 14.5. The first-order valence-electron chi connectivity index (χ1n) is 12.6. The molecule has 1 aliphatic heterocycles.